The van der Waals surface area contributed by atoms with Crippen LogP contribution in [-0.2, 0) is 0 Å². The molecule has 146 valence electrons. The van der Waals surface area contributed by atoms with E-state index in [0.29, 0.717) is 0 Å². The van der Waals surface area contributed by atoms with Crippen molar-refractivity contribution in [2.75, 3.05) is 49.9 Å². The van der Waals surface area contributed by atoms with Gasteiger partial charge < -0.3 is 15.1 Å². The molecule has 3 aromatic rings. The molecule has 0 radical (unpaired) electrons. The van der Waals surface area contributed by atoms with E-state index in [1.165, 1.54) is 28.1 Å². The van der Waals surface area contributed by atoms with E-state index in [2.05, 4.69) is 123 Å². The van der Waals surface area contributed by atoms with Gasteiger partial charge in [0.2, 0.25) is 0 Å². The van der Waals surface area contributed by atoms with E-state index in [-0.39, 0.29) is 5.92 Å². The zero-order chi connectivity index (χ0) is 20.1. The summed E-state index contributed by atoms with van der Waals surface area (Å²) in [6.07, 6.45) is 0. The Morgan fingerprint density at radius 2 is 0.964 bits per heavy atom. The Kier molecular flexibility index (Phi) is 6.25. The summed E-state index contributed by atoms with van der Waals surface area (Å²) in [7, 11) is 8.30. The first kappa shape index (κ1) is 19.8. The quantitative estimate of drug-likeness (QED) is 0.557. The van der Waals surface area contributed by atoms with Crippen LogP contribution in [0.4, 0.5) is 17.1 Å². The third-order valence-corrected chi connectivity index (χ3v) is 5.11. The van der Waals surface area contributed by atoms with E-state index in [1.807, 2.05) is 0 Å². The second-order valence-corrected chi connectivity index (χ2v) is 7.56. The lowest BCUT2D eigenvalue weighted by Crippen LogP contribution is -2.10. The number of nitrogens with one attached hydrogen (secondary N) is 1. The van der Waals surface area contributed by atoms with Crippen molar-refractivity contribution in [3.05, 3.63) is 89.5 Å². The highest BCUT2D eigenvalue weighted by Gasteiger charge is 2.17. The van der Waals surface area contributed by atoms with Gasteiger partial charge in [0.05, 0.1) is 0 Å². The molecule has 3 nitrogen and oxygen atoms in total. The van der Waals surface area contributed by atoms with Crippen molar-refractivity contribution in [3.63, 3.8) is 0 Å². The average Bonchev–Trinajstić information content (AvgIpc) is 2.70. The van der Waals surface area contributed by atoms with Crippen LogP contribution in [0.2, 0.25) is 0 Å². The molecule has 1 N–H and O–H groups in total. The fourth-order valence-corrected chi connectivity index (χ4v) is 3.50. The van der Waals surface area contributed by atoms with Gasteiger partial charge in [0.1, 0.15) is 0 Å². The van der Waals surface area contributed by atoms with E-state index in [4.69, 9.17) is 0 Å². The van der Waals surface area contributed by atoms with Crippen LogP contribution in [0.3, 0.4) is 0 Å². The highest BCUT2D eigenvalue weighted by Crippen LogP contribution is 2.34. The van der Waals surface area contributed by atoms with E-state index in [0.717, 1.165) is 12.2 Å². The zero-order valence-electron chi connectivity index (χ0n) is 17.6. The standard InChI is InChI=1S/C25H31N3/c1-6-26-22-13-7-19(8-14-22)25(20-9-15-23(16-10-20)27(2)3)21-11-17-24(18-12-21)28(4)5/h7-18,25-26H,6H2,1-5H3. The summed E-state index contributed by atoms with van der Waals surface area (Å²) in [4.78, 5) is 4.27. The summed E-state index contributed by atoms with van der Waals surface area (Å²) < 4.78 is 0. The molecular formula is C25H31N3. The topological polar surface area (TPSA) is 18.5 Å². The summed E-state index contributed by atoms with van der Waals surface area (Å²) >= 11 is 0. The molecule has 3 rings (SSSR count). The van der Waals surface area contributed by atoms with Crippen molar-refractivity contribution in [2.45, 2.75) is 12.8 Å². The molecular weight excluding hydrogens is 342 g/mol. The van der Waals surface area contributed by atoms with Gasteiger partial charge in [0.15, 0.2) is 0 Å². The van der Waals surface area contributed by atoms with Crippen LogP contribution < -0.4 is 15.1 Å². The lowest BCUT2D eigenvalue weighted by atomic mass is 9.85. The van der Waals surface area contributed by atoms with E-state index >= 15 is 0 Å². The number of benzene rings is 3. The maximum Gasteiger partial charge on any atom is 0.0361 e. The normalized spacial score (nSPS) is 10.8. The van der Waals surface area contributed by atoms with Crippen molar-refractivity contribution in [1.82, 2.24) is 0 Å². The third-order valence-electron chi connectivity index (χ3n) is 5.11. The lowest BCUT2D eigenvalue weighted by Gasteiger charge is -2.22. The monoisotopic (exact) mass is 373 g/mol. The predicted octanol–water partition coefficient (Wildman–Crippen LogP) is 5.43. The number of nitrogens with zero attached hydrogens (tertiary/aromatic N) is 2. The van der Waals surface area contributed by atoms with Crippen LogP contribution in [0.15, 0.2) is 72.8 Å². The van der Waals surface area contributed by atoms with E-state index in [1.54, 1.807) is 0 Å². The van der Waals surface area contributed by atoms with Gasteiger partial charge in [-0.1, -0.05) is 36.4 Å². The molecule has 0 amide bonds. The molecule has 0 atom stereocenters. The Morgan fingerprint density at radius 3 is 1.29 bits per heavy atom. The summed E-state index contributed by atoms with van der Waals surface area (Å²) in [5.74, 6) is 0.211. The summed E-state index contributed by atoms with van der Waals surface area (Å²) in [5.41, 5.74) is 7.51. The van der Waals surface area contributed by atoms with Crippen LogP contribution in [-0.4, -0.2) is 34.7 Å². The lowest BCUT2D eigenvalue weighted by molar-refractivity contribution is 0.973. The molecule has 0 aliphatic rings. The Hall–Kier alpha value is -2.94. The summed E-state index contributed by atoms with van der Waals surface area (Å²) in [6, 6.07) is 26.6. The highest BCUT2D eigenvalue weighted by molar-refractivity contribution is 5.55. The molecule has 3 heteroatoms. The van der Waals surface area contributed by atoms with Crippen molar-refractivity contribution in [2.24, 2.45) is 0 Å². The number of hydrogen-bond donors (Lipinski definition) is 1. The molecule has 28 heavy (non-hydrogen) atoms. The summed E-state index contributed by atoms with van der Waals surface area (Å²) in [5, 5.41) is 3.38. The van der Waals surface area contributed by atoms with Crippen molar-refractivity contribution in [3.8, 4) is 0 Å². The van der Waals surface area contributed by atoms with Gasteiger partial charge in [-0.15, -0.1) is 0 Å². The van der Waals surface area contributed by atoms with Crippen LogP contribution in [0.25, 0.3) is 0 Å². The van der Waals surface area contributed by atoms with Crippen molar-refractivity contribution < 1.29 is 0 Å². The molecule has 0 aliphatic carbocycles. The Balaban J connectivity index is 2.02. The molecule has 0 spiro atoms. The Labute approximate surface area is 169 Å². The van der Waals surface area contributed by atoms with Gasteiger partial charge in [0, 0.05) is 57.7 Å². The number of hydrogen-bond acceptors (Lipinski definition) is 3. The van der Waals surface area contributed by atoms with Gasteiger partial charge in [-0.3, -0.25) is 0 Å². The van der Waals surface area contributed by atoms with Gasteiger partial charge in [-0.05, 0) is 60.0 Å². The first-order valence-electron chi connectivity index (χ1n) is 9.88. The third kappa shape index (κ3) is 4.48. The van der Waals surface area contributed by atoms with Gasteiger partial charge >= 0.3 is 0 Å². The fraction of sp³-hybridized carbons (Fsp3) is 0.280. The fourth-order valence-electron chi connectivity index (χ4n) is 3.50. The molecule has 0 heterocycles. The minimum Gasteiger partial charge on any atom is -0.385 e. The largest absolute Gasteiger partial charge is 0.385 e. The molecule has 3 aromatic carbocycles. The average molecular weight is 374 g/mol. The molecule has 0 aromatic heterocycles. The molecule has 0 unspecified atom stereocenters. The van der Waals surface area contributed by atoms with E-state index < -0.39 is 0 Å². The summed E-state index contributed by atoms with van der Waals surface area (Å²) in [6.45, 7) is 3.05. The van der Waals surface area contributed by atoms with Crippen molar-refractivity contribution >= 4 is 17.1 Å². The molecule has 0 fully saturated rings. The van der Waals surface area contributed by atoms with Crippen LogP contribution in [0, 0.1) is 0 Å². The van der Waals surface area contributed by atoms with Gasteiger partial charge in [0.25, 0.3) is 0 Å². The van der Waals surface area contributed by atoms with Crippen molar-refractivity contribution in [1.29, 1.82) is 0 Å². The molecule has 0 bridgehead atoms. The Morgan fingerprint density at radius 1 is 0.607 bits per heavy atom. The Bertz CT molecular complexity index is 812. The maximum atomic E-state index is 3.38. The van der Waals surface area contributed by atoms with Crippen LogP contribution in [0.1, 0.15) is 29.5 Å². The van der Waals surface area contributed by atoms with Crippen LogP contribution >= 0.6 is 0 Å². The predicted molar refractivity (Wildman–Crippen MR) is 123 cm³/mol. The molecule has 0 aliphatic heterocycles. The SMILES string of the molecule is CCNc1ccc(C(c2ccc(N(C)C)cc2)c2ccc(N(C)C)cc2)cc1. The van der Waals surface area contributed by atoms with Crippen LogP contribution in [0.5, 0.6) is 0 Å². The van der Waals surface area contributed by atoms with Gasteiger partial charge in [-0.25, -0.2) is 0 Å². The highest BCUT2D eigenvalue weighted by atomic mass is 15.1. The van der Waals surface area contributed by atoms with E-state index in [9.17, 15) is 0 Å². The number of rotatable bonds is 7. The minimum atomic E-state index is 0.211. The maximum absolute atomic E-state index is 3.38. The van der Waals surface area contributed by atoms with Gasteiger partial charge in [-0.2, -0.15) is 0 Å². The minimum absolute atomic E-state index is 0.211. The second-order valence-electron chi connectivity index (χ2n) is 7.56. The molecule has 0 saturated heterocycles. The zero-order valence-corrected chi connectivity index (χ0v) is 17.6. The smallest absolute Gasteiger partial charge is 0.0361 e. The second kappa shape index (κ2) is 8.83. The first-order valence-corrected chi connectivity index (χ1v) is 9.88. The number of anilines is 3. The molecule has 0 saturated carbocycles. The first-order chi connectivity index (χ1) is 13.5.